The van der Waals surface area contributed by atoms with Crippen LogP contribution in [0.3, 0.4) is 0 Å². The Morgan fingerprint density at radius 3 is 2.78 bits per heavy atom. The zero-order valence-corrected chi connectivity index (χ0v) is 12.9. The summed E-state index contributed by atoms with van der Waals surface area (Å²) in [5.41, 5.74) is 2.50. The summed E-state index contributed by atoms with van der Waals surface area (Å²) in [6.45, 7) is 1.73. The molecular formula is C13H16BrN3S. The average molecular weight is 326 g/mol. The van der Waals surface area contributed by atoms with E-state index in [1.165, 1.54) is 14.9 Å². The zero-order chi connectivity index (χ0) is 13.0. The number of anilines is 1. The number of hydrogen-bond donors (Lipinski definition) is 1. The molecule has 2 heterocycles. The first-order chi connectivity index (χ1) is 8.69. The van der Waals surface area contributed by atoms with Gasteiger partial charge in [0.1, 0.15) is 5.82 Å². The molecule has 0 atom stereocenters. The lowest BCUT2D eigenvalue weighted by Crippen LogP contribution is -2.17. The van der Waals surface area contributed by atoms with Crippen LogP contribution in [0.2, 0.25) is 0 Å². The van der Waals surface area contributed by atoms with Crippen molar-refractivity contribution in [1.29, 1.82) is 0 Å². The van der Waals surface area contributed by atoms with Crippen LogP contribution in [0.25, 0.3) is 0 Å². The molecule has 0 radical (unpaired) electrons. The fraction of sp³-hybridized carbons (Fsp3) is 0.308. The topological polar surface area (TPSA) is 28.2 Å². The molecular weight excluding hydrogens is 310 g/mol. The van der Waals surface area contributed by atoms with Crippen LogP contribution in [-0.2, 0) is 13.1 Å². The number of pyridine rings is 1. The molecule has 5 heteroatoms. The van der Waals surface area contributed by atoms with E-state index in [1.807, 2.05) is 13.2 Å². The number of nitrogens with one attached hydrogen (secondary N) is 1. The van der Waals surface area contributed by atoms with Crippen LogP contribution < -0.4 is 10.2 Å². The van der Waals surface area contributed by atoms with Gasteiger partial charge in [-0.25, -0.2) is 4.98 Å². The molecule has 0 unspecified atom stereocenters. The summed E-state index contributed by atoms with van der Waals surface area (Å²) in [6.07, 6.45) is 1.92. The van der Waals surface area contributed by atoms with Crippen LogP contribution >= 0.6 is 27.3 Å². The Morgan fingerprint density at radius 1 is 1.39 bits per heavy atom. The van der Waals surface area contributed by atoms with Gasteiger partial charge < -0.3 is 10.2 Å². The largest absolute Gasteiger partial charge is 0.355 e. The fourth-order valence-corrected chi connectivity index (χ4v) is 2.94. The van der Waals surface area contributed by atoms with Crippen LogP contribution in [0, 0.1) is 0 Å². The highest BCUT2D eigenvalue weighted by Gasteiger charge is 2.05. The van der Waals surface area contributed by atoms with Crippen LogP contribution in [0.4, 0.5) is 5.82 Å². The summed E-state index contributed by atoms with van der Waals surface area (Å²) in [5.74, 6) is 0.997. The highest BCUT2D eigenvalue weighted by molar-refractivity contribution is 9.11. The first-order valence-corrected chi connectivity index (χ1v) is 7.40. The highest BCUT2D eigenvalue weighted by Crippen LogP contribution is 2.22. The predicted molar refractivity (Wildman–Crippen MR) is 81.1 cm³/mol. The van der Waals surface area contributed by atoms with Crippen molar-refractivity contribution >= 4 is 33.1 Å². The van der Waals surface area contributed by atoms with Crippen molar-refractivity contribution in [3.8, 4) is 0 Å². The van der Waals surface area contributed by atoms with Gasteiger partial charge in [-0.05, 0) is 51.6 Å². The molecule has 2 aromatic heterocycles. The van der Waals surface area contributed by atoms with E-state index in [4.69, 9.17) is 0 Å². The molecule has 0 aliphatic heterocycles. The standard InChI is InChI=1S/C13H16BrN3S/c1-15-6-10-3-4-13(16-7-10)17(2)8-11-5-12(14)18-9-11/h3-5,7,9,15H,6,8H2,1-2H3. The third-order valence-electron chi connectivity index (χ3n) is 2.62. The van der Waals surface area contributed by atoms with Crippen molar-refractivity contribution in [3.05, 3.63) is 44.7 Å². The second-order valence-corrected chi connectivity index (χ2v) is 6.46. The van der Waals surface area contributed by atoms with E-state index in [2.05, 4.69) is 61.8 Å². The second kappa shape index (κ2) is 6.31. The Bertz CT molecular complexity index is 495. The lowest BCUT2D eigenvalue weighted by Gasteiger charge is -2.17. The average Bonchev–Trinajstić information content (AvgIpc) is 2.76. The van der Waals surface area contributed by atoms with Gasteiger partial charge >= 0.3 is 0 Å². The number of hydrogen-bond acceptors (Lipinski definition) is 4. The van der Waals surface area contributed by atoms with E-state index in [1.54, 1.807) is 11.3 Å². The Morgan fingerprint density at radius 2 is 2.22 bits per heavy atom. The molecule has 0 saturated heterocycles. The van der Waals surface area contributed by atoms with E-state index in [-0.39, 0.29) is 0 Å². The van der Waals surface area contributed by atoms with Gasteiger partial charge in [0.2, 0.25) is 0 Å². The summed E-state index contributed by atoms with van der Waals surface area (Å²) in [7, 11) is 4.00. The third-order valence-corrected chi connectivity index (χ3v) is 4.18. The van der Waals surface area contributed by atoms with Crippen LogP contribution in [0.1, 0.15) is 11.1 Å². The maximum absolute atomic E-state index is 4.48. The maximum atomic E-state index is 4.48. The van der Waals surface area contributed by atoms with Crippen LogP contribution in [0.15, 0.2) is 33.6 Å². The van der Waals surface area contributed by atoms with Crippen molar-refractivity contribution in [3.63, 3.8) is 0 Å². The molecule has 18 heavy (non-hydrogen) atoms. The summed E-state index contributed by atoms with van der Waals surface area (Å²) >= 11 is 5.19. The number of thiophene rings is 1. The number of aromatic nitrogens is 1. The summed E-state index contributed by atoms with van der Waals surface area (Å²) in [6, 6.07) is 6.32. The highest BCUT2D eigenvalue weighted by atomic mass is 79.9. The van der Waals surface area contributed by atoms with E-state index in [0.717, 1.165) is 18.9 Å². The second-order valence-electron chi connectivity index (χ2n) is 4.17. The summed E-state index contributed by atoms with van der Waals surface area (Å²) in [5, 5.41) is 5.28. The van der Waals surface area contributed by atoms with Crippen molar-refractivity contribution in [1.82, 2.24) is 10.3 Å². The van der Waals surface area contributed by atoms with Crippen LogP contribution in [0.5, 0.6) is 0 Å². The zero-order valence-electron chi connectivity index (χ0n) is 10.5. The summed E-state index contributed by atoms with van der Waals surface area (Å²) in [4.78, 5) is 6.63. The quantitative estimate of drug-likeness (QED) is 0.914. The minimum atomic E-state index is 0.856. The van der Waals surface area contributed by atoms with Crippen molar-refractivity contribution in [2.75, 3.05) is 19.0 Å². The van der Waals surface area contributed by atoms with Gasteiger partial charge in [-0.2, -0.15) is 0 Å². The molecule has 0 bridgehead atoms. The van der Waals surface area contributed by atoms with Gasteiger partial charge in [0.15, 0.2) is 0 Å². The molecule has 0 saturated carbocycles. The normalized spacial score (nSPS) is 10.6. The molecule has 0 fully saturated rings. The van der Waals surface area contributed by atoms with Gasteiger partial charge in [-0.1, -0.05) is 6.07 Å². The van der Waals surface area contributed by atoms with Gasteiger partial charge in [-0.15, -0.1) is 11.3 Å². The van der Waals surface area contributed by atoms with Crippen molar-refractivity contribution in [2.45, 2.75) is 13.1 Å². The number of nitrogens with zero attached hydrogens (tertiary/aromatic N) is 2. The first kappa shape index (κ1) is 13.5. The minimum absolute atomic E-state index is 0.856. The molecule has 0 aliphatic rings. The van der Waals surface area contributed by atoms with Crippen molar-refractivity contribution < 1.29 is 0 Å². The maximum Gasteiger partial charge on any atom is 0.128 e. The smallest absolute Gasteiger partial charge is 0.128 e. The Hall–Kier alpha value is -0.910. The van der Waals surface area contributed by atoms with Crippen LogP contribution in [-0.4, -0.2) is 19.1 Å². The molecule has 0 amide bonds. The van der Waals surface area contributed by atoms with Gasteiger partial charge in [0.05, 0.1) is 3.79 Å². The number of rotatable bonds is 5. The molecule has 0 aliphatic carbocycles. The van der Waals surface area contributed by atoms with Gasteiger partial charge in [-0.3, -0.25) is 0 Å². The lowest BCUT2D eigenvalue weighted by atomic mass is 10.2. The number of halogens is 1. The Labute approximate surface area is 120 Å². The van der Waals surface area contributed by atoms with E-state index < -0.39 is 0 Å². The van der Waals surface area contributed by atoms with E-state index >= 15 is 0 Å². The Balaban J connectivity index is 2.02. The van der Waals surface area contributed by atoms with Gasteiger partial charge in [0.25, 0.3) is 0 Å². The monoisotopic (exact) mass is 325 g/mol. The van der Waals surface area contributed by atoms with E-state index in [9.17, 15) is 0 Å². The Kier molecular flexibility index (Phi) is 4.74. The molecule has 1 N–H and O–H groups in total. The lowest BCUT2D eigenvalue weighted by molar-refractivity contribution is 0.810. The SMILES string of the molecule is CNCc1ccc(N(C)Cc2csc(Br)c2)nc1. The molecule has 2 rings (SSSR count). The van der Waals surface area contributed by atoms with Crippen molar-refractivity contribution in [2.24, 2.45) is 0 Å². The van der Waals surface area contributed by atoms with E-state index in [0.29, 0.717) is 0 Å². The molecule has 0 aromatic carbocycles. The summed E-state index contributed by atoms with van der Waals surface area (Å²) < 4.78 is 1.17. The molecule has 96 valence electrons. The van der Waals surface area contributed by atoms with Gasteiger partial charge in [0, 0.05) is 26.3 Å². The first-order valence-electron chi connectivity index (χ1n) is 5.72. The molecule has 0 spiro atoms. The predicted octanol–water partition coefficient (Wildman–Crippen LogP) is 3.26. The fourth-order valence-electron chi connectivity index (χ4n) is 1.73. The molecule has 3 nitrogen and oxygen atoms in total. The third kappa shape index (κ3) is 3.54. The molecule has 2 aromatic rings. The minimum Gasteiger partial charge on any atom is -0.355 e.